The summed E-state index contributed by atoms with van der Waals surface area (Å²) in [4.78, 5) is 0. The highest BCUT2D eigenvalue weighted by Crippen LogP contribution is 2.29. The molecule has 1 nitrogen and oxygen atoms in total. The smallest absolute Gasteiger partial charge is 0.0563 e. The van der Waals surface area contributed by atoms with E-state index in [9.17, 15) is 0 Å². The molecule has 0 aromatic heterocycles. The molecule has 2 aromatic carbocycles. The van der Waals surface area contributed by atoms with Crippen LogP contribution in [0.1, 0.15) is 29.7 Å². The Morgan fingerprint density at radius 3 is 2.61 bits per heavy atom. The number of rotatable bonds is 3. The van der Waals surface area contributed by atoms with Crippen LogP contribution in [0.5, 0.6) is 0 Å². The van der Waals surface area contributed by atoms with Gasteiger partial charge in [-0.15, -0.1) is 0 Å². The first-order valence-corrected chi connectivity index (χ1v) is 7.49. The summed E-state index contributed by atoms with van der Waals surface area (Å²) in [5, 5.41) is 0. The van der Waals surface area contributed by atoms with E-state index in [2.05, 4.69) is 69.1 Å². The molecule has 1 atom stereocenters. The molecule has 0 saturated carbocycles. The largest absolute Gasteiger partial charge is 0.320 e. The van der Waals surface area contributed by atoms with Crippen LogP contribution in [0.15, 0.2) is 51.4 Å². The Kier molecular flexibility index (Phi) is 4.60. The summed E-state index contributed by atoms with van der Waals surface area (Å²) >= 11 is 7.05. The van der Waals surface area contributed by atoms with Crippen molar-refractivity contribution >= 4 is 31.9 Å². The van der Waals surface area contributed by atoms with Crippen LogP contribution >= 0.6 is 31.9 Å². The number of hydrogen-bond acceptors (Lipinski definition) is 1. The molecule has 0 fully saturated rings. The van der Waals surface area contributed by atoms with Gasteiger partial charge in [0.05, 0.1) is 6.04 Å². The van der Waals surface area contributed by atoms with Gasteiger partial charge in [0, 0.05) is 8.95 Å². The molecule has 94 valence electrons. The Morgan fingerprint density at radius 1 is 1.11 bits per heavy atom. The van der Waals surface area contributed by atoms with Crippen LogP contribution in [0.2, 0.25) is 0 Å². The first kappa shape index (κ1) is 13.8. The fourth-order valence-electron chi connectivity index (χ4n) is 1.94. The molecule has 2 N–H and O–H groups in total. The standard InChI is InChI=1S/C15H15Br2N/c1-2-10-4-3-5-11(8-10)15(18)13-9-12(16)6-7-14(13)17/h3-9,15H,2,18H2,1H3. The monoisotopic (exact) mass is 367 g/mol. The van der Waals surface area contributed by atoms with Gasteiger partial charge in [0.1, 0.15) is 0 Å². The minimum absolute atomic E-state index is 0.108. The average molecular weight is 369 g/mol. The number of halogens is 2. The second-order valence-corrected chi connectivity index (χ2v) is 6.01. The van der Waals surface area contributed by atoms with Crippen LogP contribution in [-0.2, 0) is 6.42 Å². The third-order valence-electron chi connectivity index (χ3n) is 3.01. The Bertz CT molecular complexity index is 552. The van der Waals surface area contributed by atoms with Crippen LogP contribution in [0.25, 0.3) is 0 Å². The van der Waals surface area contributed by atoms with Crippen molar-refractivity contribution in [2.75, 3.05) is 0 Å². The topological polar surface area (TPSA) is 26.0 Å². The van der Waals surface area contributed by atoms with E-state index in [1.165, 1.54) is 5.56 Å². The molecule has 18 heavy (non-hydrogen) atoms. The van der Waals surface area contributed by atoms with Gasteiger partial charge in [-0.25, -0.2) is 0 Å². The first-order chi connectivity index (χ1) is 8.61. The number of hydrogen-bond donors (Lipinski definition) is 1. The van der Waals surface area contributed by atoms with E-state index in [0.717, 1.165) is 26.5 Å². The zero-order valence-electron chi connectivity index (χ0n) is 10.2. The lowest BCUT2D eigenvalue weighted by atomic mass is 9.97. The summed E-state index contributed by atoms with van der Waals surface area (Å²) in [5.41, 5.74) is 9.91. The van der Waals surface area contributed by atoms with Crippen molar-refractivity contribution in [2.24, 2.45) is 5.73 Å². The van der Waals surface area contributed by atoms with Crippen molar-refractivity contribution in [3.8, 4) is 0 Å². The second kappa shape index (κ2) is 6.00. The molecular weight excluding hydrogens is 354 g/mol. The Balaban J connectivity index is 2.40. The third kappa shape index (κ3) is 3.02. The lowest BCUT2D eigenvalue weighted by Gasteiger charge is -2.15. The molecule has 0 amide bonds. The van der Waals surface area contributed by atoms with Crippen molar-refractivity contribution in [3.63, 3.8) is 0 Å². The molecule has 3 heteroatoms. The molecule has 0 bridgehead atoms. The zero-order chi connectivity index (χ0) is 13.1. The van der Waals surface area contributed by atoms with E-state index >= 15 is 0 Å². The summed E-state index contributed by atoms with van der Waals surface area (Å²) in [6.07, 6.45) is 1.03. The highest BCUT2D eigenvalue weighted by molar-refractivity contribution is 9.11. The molecule has 1 unspecified atom stereocenters. The molecule has 2 aromatic rings. The highest BCUT2D eigenvalue weighted by atomic mass is 79.9. The van der Waals surface area contributed by atoms with Gasteiger partial charge >= 0.3 is 0 Å². The van der Waals surface area contributed by atoms with Crippen LogP contribution in [-0.4, -0.2) is 0 Å². The lowest BCUT2D eigenvalue weighted by Crippen LogP contribution is -2.12. The Labute approximate surface area is 125 Å². The van der Waals surface area contributed by atoms with E-state index in [1.807, 2.05) is 12.1 Å². The number of nitrogens with two attached hydrogens (primary N) is 1. The second-order valence-electron chi connectivity index (χ2n) is 4.24. The van der Waals surface area contributed by atoms with Crippen molar-refractivity contribution in [2.45, 2.75) is 19.4 Å². The van der Waals surface area contributed by atoms with Gasteiger partial charge in [-0.2, -0.15) is 0 Å². The van der Waals surface area contributed by atoms with Gasteiger partial charge in [0.2, 0.25) is 0 Å². The highest BCUT2D eigenvalue weighted by Gasteiger charge is 2.12. The summed E-state index contributed by atoms with van der Waals surface area (Å²) < 4.78 is 2.09. The van der Waals surface area contributed by atoms with Crippen LogP contribution < -0.4 is 5.73 Å². The normalized spacial score (nSPS) is 12.4. The van der Waals surface area contributed by atoms with E-state index in [1.54, 1.807) is 0 Å². The Hall–Kier alpha value is -0.640. The fourth-order valence-corrected chi connectivity index (χ4v) is 2.81. The molecule has 0 saturated heterocycles. The molecule has 0 aliphatic rings. The van der Waals surface area contributed by atoms with Crippen molar-refractivity contribution in [1.29, 1.82) is 0 Å². The summed E-state index contributed by atoms with van der Waals surface area (Å²) in [6.45, 7) is 2.15. The molecule has 2 rings (SSSR count). The molecule has 0 aliphatic heterocycles. The first-order valence-electron chi connectivity index (χ1n) is 5.91. The van der Waals surface area contributed by atoms with Gasteiger partial charge in [-0.05, 0) is 41.3 Å². The lowest BCUT2D eigenvalue weighted by molar-refractivity contribution is 0.861. The molecule has 0 heterocycles. The predicted molar refractivity (Wildman–Crippen MR) is 83.7 cm³/mol. The quantitative estimate of drug-likeness (QED) is 0.825. The van der Waals surface area contributed by atoms with Crippen molar-refractivity contribution in [1.82, 2.24) is 0 Å². The number of aryl methyl sites for hydroxylation is 1. The molecule has 0 aliphatic carbocycles. The van der Waals surface area contributed by atoms with Gasteiger partial charge in [0.25, 0.3) is 0 Å². The van der Waals surface area contributed by atoms with Crippen LogP contribution in [0.4, 0.5) is 0 Å². The SMILES string of the molecule is CCc1cccc(C(N)c2cc(Br)ccc2Br)c1. The van der Waals surface area contributed by atoms with Crippen molar-refractivity contribution in [3.05, 3.63) is 68.1 Å². The van der Waals surface area contributed by atoms with Gasteiger partial charge < -0.3 is 5.73 Å². The van der Waals surface area contributed by atoms with E-state index in [4.69, 9.17) is 5.73 Å². The summed E-state index contributed by atoms with van der Waals surface area (Å²) in [7, 11) is 0. The number of benzene rings is 2. The van der Waals surface area contributed by atoms with Gasteiger partial charge in [-0.3, -0.25) is 0 Å². The summed E-state index contributed by atoms with van der Waals surface area (Å²) in [6, 6.07) is 14.4. The minimum Gasteiger partial charge on any atom is -0.320 e. The molecule has 0 spiro atoms. The fraction of sp³-hybridized carbons (Fsp3) is 0.200. The van der Waals surface area contributed by atoms with Gasteiger partial charge in [0.15, 0.2) is 0 Å². The molecular formula is C15H15Br2N. The van der Waals surface area contributed by atoms with Gasteiger partial charge in [-0.1, -0.05) is 63.0 Å². The van der Waals surface area contributed by atoms with Crippen molar-refractivity contribution < 1.29 is 0 Å². The van der Waals surface area contributed by atoms with E-state index < -0.39 is 0 Å². The van der Waals surface area contributed by atoms with E-state index in [-0.39, 0.29) is 6.04 Å². The van der Waals surface area contributed by atoms with Crippen LogP contribution in [0.3, 0.4) is 0 Å². The van der Waals surface area contributed by atoms with E-state index in [0.29, 0.717) is 0 Å². The van der Waals surface area contributed by atoms with Crippen LogP contribution in [0, 0.1) is 0 Å². The maximum Gasteiger partial charge on any atom is 0.0563 e. The average Bonchev–Trinajstić information content (AvgIpc) is 2.41. The third-order valence-corrected chi connectivity index (χ3v) is 4.23. The maximum absolute atomic E-state index is 6.36. The predicted octanol–water partition coefficient (Wildman–Crippen LogP) is 4.82. The Morgan fingerprint density at radius 2 is 1.89 bits per heavy atom. The zero-order valence-corrected chi connectivity index (χ0v) is 13.3. The minimum atomic E-state index is -0.108. The summed E-state index contributed by atoms with van der Waals surface area (Å²) in [5.74, 6) is 0. The molecule has 0 radical (unpaired) electrons. The maximum atomic E-state index is 6.36.